The van der Waals surface area contributed by atoms with Crippen LogP contribution in [0.3, 0.4) is 0 Å². The van der Waals surface area contributed by atoms with Crippen molar-refractivity contribution in [3.63, 3.8) is 0 Å². The average Bonchev–Trinajstić information content (AvgIpc) is 2.05. The van der Waals surface area contributed by atoms with Crippen molar-refractivity contribution in [3.05, 3.63) is 30.1 Å². The third kappa shape index (κ3) is 2.50. The van der Waals surface area contributed by atoms with E-state index in [1.807, 2.05) is 0 Å². The molecule has 0 aromatic carbocycles. The third-order valence-corrected chi connectivity index (χ3v) is 3.04. The Morgan fingerprint density at radius 2 is 2.23 bits per heavy atom. The maximum Gasteiger partial charge on any atom is 0.273 e. The molecule has 0 radical (unpaired) electrons. The molecule has 1 N–H and O–H groups in total. The molecule has 1 atom stereocenters. The highest BCUT2D eigenvalue weighted by molar-refractivity contribution is 7.86. The molecular formula is C8H11NO3S. The summed E-state index contributed by atoms with van der Waals surface area (Å²) in [6.45, 7) is 1.69. The van der Waals surface area contributed by atoms with Gasteiger partial charge in [-0.15, -0.1) is 0 Å². The van der Waals surface area contributed by atoms with Crippen LogP contribution in [0.15, 0.2) is 24.4 Å². The summed E-state index contributed by atoms with van der Waals surface area (Å²) in [6, 6.07) is 4.97. The number of rotatable bonds is 3. The lowest BCUT2D eigenvalue weighted by Crippen LogP contribution is -2.12. The first-order valence-corrected chi connectivity index (χ1v) is 5.43. The number of hydrogen-bond acceptors (Lipinski definition) is 3. The fourth-order valence-electron chi connectivity index (χ4n) is 1.14. The van der Waals surface area contributed by atoms with Crippen molar-refractivity contribution in [2.24, 2.45) is 0 Å². The Labute approximate surface area is 77.4 Å². The van der Waals surface area contributed by atoms with Crippen LogP contribution in [0.25, 0.3) is 0 Å². The minimum Gasteiger partial charge on any atom is -0.285 e. The van der Waals surface area contributed by atoms with Gasteiger partial charge in [0.1, 0.15) is 5.25 Å². The molecule has 72 valence electrons. The fourth-order valence-corrected chi connectivity index (χ4v) is 2.00. The van der Waals surface area contributed by atoms with Crippen molar-refractivity contribution in [1.82, 2.24) is 4.98 Å². The van der Waals surface area contributed by atoms with Crippen molar-refractivity contribution in [1.29, 1.82) is 0 Å². The lowest BCUT2D eigenvalue weighted by atomic mass is 10.2. The maximum atomic E-state index is 10.9. The van der Waals surface area contributed by atoms with E-state index in [0.717, 1.165) is 0 Å². The summed E-state index contributed by atoms with van der Waals surface area (Å²) in [7, 11) is -4.03. The van der Waals surface area contributed by atoms with Gasteiger partial charge in [0, 0.05) is 6.20 Å². The van der Waals surface area contributed by atoms with E-state index in [2.05, 4.69) is 4.98 Å². The van der Waals surface area contributed by atoms with Crippen LogP contribution >= 0.6 is 0 Å². The molecule has 0 amide bonds. The van der Waals surface area contributed by atoms with Gasteiger partial charge in [0.2, 0.25) is 0 Å². The standard InChI is InChI=1S/C8H11NO3S/c1-2-8(13(10,11)12)7-5-3-4-6-9-7/h3-6,8H,2H2,1H3,(H,10,11,12). The van der Waals surface area contributed by atoms with Gasteiger partial charge in [-0.3, -0.25) is 9.54 Å². The summed E-state index contributed by atoms with van der Waals surface area (Å²) in [6.07, 6.45) is 1.82. The molecule has 13 heavy (non-hydrogen) atoms. The highest BCUT2D eigenvalue weighted by Crippen LogP contribution is 2.22. The zero-order chi connectivity index (χ0) is 9.90. The number of nitrogens with zero attached hydrogens (tertiary/aromatic N) is 1. The Kier molecular flexibility index (Phi) is 3.00. The zero-order valence-electron chi connectivity index (χ0n) is 7.21. The van der Waals surface area contributed by atoms with Gasteiger partial charge < -0.3 is 0 Å². The van der Waals surface area contributed by atoms with Crippen LogP contribution in [-0.4, -0.2) is 18.0 Å². The SMILES string of the molecule is CCC(c1ccccn1)S(=O)(=O)O. The van der Waals surface area contributed by atoms with Gasteiger partial charge in [-0.1, -0.05) is 13.0 Å². The van der Waals surface area contributed by atoms with Crippen molar-refractivity contribution >= 4 is 10.1 Å². The Bertz CT molecular complexity index is 360. The Hall–Kier alpha value is -0.940. The largest absolute Gasteiger partial charge is 0.285 e. The average molecular weight is 201 g/mol. The molecule has 1 rings (SSSR count). The number of hydrogen-bond donors (Lipinski definition) is 1. The van der Waals surface area contributed by atoms with Gasteiger partial charge in [-0.25, -0.2) is 0 Å². The summed E-state index contributed by atoms with van der Waals surface area (Å²) in [5.74, 6) is 0. The minimum atomic E-state index is -4.03. The molecule has 0 saturated heterocycles. The van der Waals surface area contributed by atoms with Crippen molar-refractivity contribution < 1.29 is 13.0 Å². The van der Waals surface area contributed by atoms with Crippen LogP contribution in [0.4, 0.5) is 0 Å². The van der Waals surface area contributed by atoms with E-state index in [4.69, 9.17) is 4.55 Å². The van der Waals surface area contributed by atoms with Crippen molar-refractivity contribution in [2.45, 2.75) is 18.6 Å². The molecule has 1 aromatic heterocycles. The molecule has 0 bridgehead atoms. The lowest BCUT2D eigenvalue weighted by molar-refractivity contribution is 0.465. The first kappa shape index (κ1) is 10.1. The molecule has 0 fully saturated rings. The van der Waals surface area contributed by atoms with Crippen LogP contribution in [0.1, 0.15) is 24.3 Å². The maximum absolute atomic E-state index is 10.9. The Balaban J connectivity index is 3.06. The number of aromatic nitrogens is 1. The first-order chi connectivity index (χ1) is 6.05. The van der Waals surface area contributed by atoms with Crippen LogP contribution in [0.5, 0.6) is 0 Å². The van der Waals surface area contributed by atoms with Crippen LogP contribution in [0, 0.1) is 0 Å². The lowest BCUT2D eigenvalue weighted by Gasteiger charge is -2.09. The fraction of sp³-hybridized carbons (Fsp3) is 0.375. The predicted molar refractivity (Wildman–Crippen MR) is 48.8 cm³/mol. The molecule has 4 nitrogen and oxygen atoms in total. The molecule has 0 aliphatic heterocycles. The first-order valence-electron chi connectivity index (χ1n) is 3.93. The highest BCUT2D eigenvalue weighted by atomic mass is 32.2. The zero-order valence-corrected chi connectivity index (χ0v) is 8.03. The molecule has 0 saturated carbocycles. The van der Waals surface area contributed by atoms with Crippen molar-refractivity contribution in [3.8, 4) is 0 Å². The van der Waals surface area contributed by atoms with E-state index in [0.29, 0.717) is 12.1 Å². The van der Waals surface area contributed by atoms with Gasteiger partial charge in [0.15, 0.2) is 0 Å². The van der Waals surface area contributed by atoms with E-state index in [1.54, 1.807) is 25.1 Å². The second kappa shape index (κ2) is 3.85. The van der Waals surface area contributed by atoms with Crippen LogP contribution in [0.2, 0.25) is 0 Å². The van der Waals surface area contributed by atoms with Gasteiger partial charge in [-0.2, -0.15) is 8.42 Å². The summed E-state index contributed by atoms with van der Waals surface area (Å²) < 4.78 is 30.6. The molecule has 0 aliphatic carbocycles. The number of pyridine rings is 1. The highest BCUT2D eigenvalue weighted by Gasteiger charge is 2.23. The summed E-state index contributed by atoms with van der Waals surface area (Å²) >= 11 is 0. The van der Waals surface area contributed by atoms with Crippen LogP contribution < -0.4 is 0 Å². The molecule has 5 heteroatoms. The molecule has 0 aliphatic rings. The summed E-state index contributed by atoms with van der Waals surface area (Å²) in [4.78, 5) is 3.88. The normalized spacial score (nSPS) is 14.0. The molecular weight excluding hydrogens is 190 g/mol. The Morgan fingerprint density at radius 3 is 2.62 bits per heavy atom. The predicted octanol–water partition coefficient (Wildman–Crippen LogP) is 1.42. The van der Waals surface area contributed by atoms with Gasteiger partial charge in [0.25, 0.3) is 10.1 Å². The smallest absolute Gasteiger partial charge is 0.273 e. The molecule has 1 unspecified atom stereocenters. The van der Waals surface area contributed by atoms with Crippen molar-refractivity contribution in [2.75, 3.05) is 0 Å². The third-order valence-electron chi connectivity index (χ3n) is 1.75. The van der Waals surface area contributed by atoms with E-state index < -0.39 is 15.4 Å². The topological polar surface area (TPSA) is 67.3 Å². The van der Waals surface area contributed by atoms with E-state index >= 15 is 0 Å². The van der Waals surface area contributed by atoms with Gasteiger partial charge in [0.05, 0.1) is 5.69 Å². The van der Waals surface area contributed by atoms with E-state index in [1.165, 1.54) is 6.20 Å². The Morgan fingerprint density at radius 1 is 1.54 bits per heavy atom. The molecule has 0 spiro atoms. The van der Waals surface area contributed by atoms with Gasteiger partial charge in [-0.05, 0) is 18.6 Å². The van der Waals surface area contributed by atoms with E-state index in [9.17, 15) is 8.42 Å². The van der Waals surface area contributed by atoms with Crippen LogP contribution in [-0.2, 0) is 10.1 Å². The summed E-state index contributed by atoms with van der Waals surface area (Å²) in [5.41, 5.74) is 0.382. The molecule has 1 heterocycles. The second-order valence-corrected chi connectivity index (χ2v) is 4.27. The minimum absolute atomic E-state index is 0.315. The second-order valence-electron chi connectivity index (χ2n) is 2.67. The van der Waals surface area contributed by atoms with Gasteiger partial charge >= 0.3 is 0 Å². The monoisotopic (exact) mass is 201 g/mol. The summed E-state index contributed by atoms with van der Waals surface area (Å²) in [5, 5.41) is -0.909. The molecule has 1 aromatic rings. The van der Waals surface area contributed by atoms with E-state index in [-0.39, 0.29) is 0 Å². The quantitative estimate of drug-likeness (QED) is 0.751.